The topological polar surface area (TPSA) is 104 Å². The monoisotopic (exact) mass is 292 g/mol. The molecule has 0 spiro atoms. The van der Waals surface area contributed by atoms with Crippen molar-refractivity contribution < 1.29 is 14.4 Å². The van der Waals surface area contributed by atoms with Gasteiger partial charge in [0.1, 0.15) is 16.7 Å². The average molecular weight is 292 g/mol. The zero-order chi connectivity index (χ0) is 14.3. The molecule has 3 heterocycles. The first-order chi connectivity index (χ1) is 9.54. The molecular weight excluding hydrogens is 280 g/mol. The fourth-order valence-electron chi connectivity index (χ4n) is 2.15. The molecule has 1 unspecified atom stereocenters. The molecule has 1 atom stereocenters. The lowest BCUT2D eigenvalue weighted by atomic mass is 10.1. The standard InChI is InChI=1S/C12H12N4O3S/c1-5-13-9-6(4-20-12(9)14-5)10(18)15-7-2-3-8(17)16-11(7)19/h4,7H,2-3H2,1H3,(H,13,14)(H,15,18)(H,16,17,19). The highest BCUT2D eigenvalue weighted by Gasteiger charge is 2.28. The van der Waals surface area contributed by atoms with Gasteiger partial charge in [-0.3, -0.25) is 19.7 Å². The van der Waals surface area contributed by atoms with E-state index >= 15 is 0 Å². The summed E-state index contributed by atoms with van der Waals surface area (Å²) in [7, 11) is 0. The number of amides is 3. The number of imide groups is 1. The Morgan fingerprint density at radius 1 is 1.50 bits per heavy atom. The van der Waals surface area contributed by atoms with Gasteiger partial charge in [0, 0.05) is 11.8 Å². The second-order valence-electron chi connectivity index (χ2n) is 4.63. The van der Waals surface area contributed by atoms with Gasteiger partial charge < -0.3 is 10.3 Å². The molecular formula is C12H12N4O3S. The van der Waals surface area contributed by atoms with E-state index in [0.29, 0.717) is 17.5 Å². The van der Waals surface area contributed by atoms with Crippen molar-refractivity contribution in [3.05, 3.63) is 16.8 Å². The minimum absolute atomic E-state index is 0.235. The van der Waals surface area contributed by atoms with Gasteiger partial charge in [-0.1, -0.05) is 0 Å². The molecule has 8 heteroatoms. The van der Waals surface area contributed by atoms with Crippen LogP contribution >= 0.6 is 11.3 Å². The minimum Gasteiger partial charge on any atom is -0.341 e. The van der Waals surface area contributed by atoms with Crippen LogP contribution in [0.2, 0.25) is 0 Å². The van der Waals surface area contributed by atoms with Crippen molar-refractivity contribution in [2.24, 2.45) is 0 Å². The zero-order valence-electron chi connectivity index (χ0n) is 10.6. The number of aromatic nitrogens is 2. The first-order valence-electron chi connectivity index (χ1n) is 6.13. The fourth-order valence-corrected chi connectivity index (χ4v) is 3.07. The largest absolute Gasteiger partial charge is 0.341 e. The van der Waals surface area contributed by atoms with Crippen molar-refractivity contribution in [2.75, 3.05) is 0 Å². The van der Waals surface area contributed by atoms with Crippen molar-refractivity contribution in [1.29, 1.82) is 0 Å². The van der Waals surface area contributed by atoms with Crippen LogP contribution < -0.4 is 10.6 Å². The van der Waals surface area contributed by atoms with Crippen LogP contribution in [0.4, 0.5) is 0 Å². The number of aromatic amines is 1. The van der Waals surface area contributed by atoms with Gasteiger partial charge in [0.25, 0.3) is 5.91 Å². The molecule has 3 rings (SSSR count). The highest BCUT2D eigenvalue weighted by Crippen LogP contribution is 2.23. The second-order valence-corrected chi connectivity index (χ2v) is 5.49. The quantitative estimate of drug-likeness (QED) is 0.700. The second kappa shape index (κ2) is 4.71. The number of nitrogens with zero attached hydrogens (tertiary/aromatic N) is 1. The maximum Gasteiger partial charge on any atom is 0.254 e. The Bertz CT molecular complexity index is 717. The first kappa shape index (κ1) is 12.8. The van der Waals surface area contributed by atoms with Gasteiger partial charge in [-0.15, -0.1) is 11.3 Å². The first-order valence-corrected chi connectivity index (χ1v) is 7.01. The van der Waals surface area contributed by atoms with Gasteiger partial charge in [0.05, 0.1) is 11.1 Å². The molecule has 1 aliphatic rings. The number of hydrogen-bond acceptors (Lipinski definition) is 5. The van der Waals surface area contributed by atoms with E-state index in [9.17, 15) is 14.4 Å². The third-order valence-electron chi connectivity index (χ3n) is 3.14. The highest BCUT2D eigenvalue weighted by atomic mass is 32.1. The van der Waals surface area contributed by atoms with Crippen LogP contribution in [-0.4, -0.2) is 33.7 Å². The summed E-state index contributed by atoms with van der Waals surface area (Å²) >= 11 is 1.37. The van der Waals surface area contributed by atoms with E-state index in [1.807, 2.05) is 6.92 Å². The SMILES string of the molecule is Cc1nc2scc(C(=O)NC3CCC(=O)NC3=O)c2[nH]1. The summed E-state index contributed by atoms with van der Waals surface area (Å²) < 4.78 is 0. The van der Waals surface area contributed by atoms with Crippen molar-refractivity contribution in [2.45, 2.75) is 25.8 Å². The summed E-state index contributed by atoms with van der Waals surface area (Å²) in [6, 6.07) is -0.667. The summed E-state index contributed by atoms with van der Waals surface area (Å²) in [6.45, 7) is 1.81. The molecule has 1 saturated heterocycles. The number of thiophene rings is 1. The predicted octanol–water partition coefficient (Wildman–Crippen LogP) is 0.468. The Morgan fingerprint density at radius 2 is 2.30 bits per heavy atom. The van der Waals surface area contributed by atoms with E-state index in [-0.39, 0.29) is 18.2 Å². The lowest BCUT2D eigenvalue weighted by molar-refractivity contribution is -0.134. The van der Waals surface area contributed by atoms with Gasteiger partial charge in [-0.25, -0.2) is 4.98 Å². The molecule has 0 aromatic carbocycles. The van der Waals surface area contributed by atoms with Crippen LogP contribution in [-0.2, 0) is 9.59 Å². The van der Waals surface area contributed by atoms with E-state index < -0.39 is 11.9 Å². The van der Waals surface area contributed by atoms with E-state index in [1.165, 1.54) is 11.3 Å². The summed E-state index contributed by atoms with van der Waals surface area (Å²) in [6.07, 6.45) is 0.560. The Morgan fingerprint density at radius 3 is 3.05 bits per heavy atom. The molecule has 3 N–H and O–H groups in total. The van der Waals surface area contributed by atoms with Crippen LogP contribution in [0.3, 0.4) is 0 Å². The number of fused-ring (bicyclic) bond motifs is 1. The third kappa shape index (κ3) is 2.18. The van der Waals surface area contributed by atoms with Crippen molar-refractivity contribution in [1.82, 2.24) is 20.6 Å². The molecule has 3 amide bonds. The highest BCUT2D eigenvalue weighted by molar-refractivity contribution is 7.17. The zero-order valence-corrected chi connectivity index (χ0v) is 11.5. The molecule has 1 aliphatic heterocycles. The number of H-pyrrole nitrogens is 1. The normalized spacial score (nSPS) is 19.1. The Kier molecular flexibility index (Phi) is 3.01. The molecule has 7 nitrogen and oxygen atoms in total. The molecule has 0 saturated carbocycles. The summed E-state index contributed by atoms with van der Waals surface area (Å²) in [5.74, 6) is -0.360. The molecule has 2 aromatic heterocycles. The number of piperidine rings is 1. The van der Waals surface area contributed by atoms with Crippen LogP contribution in [0.5, 0.6) is 0 Å². The van der Waals surface area contributed by atoms with Crippen LogP contribution in [0.15, 0.2) is 5.38 Å². The predicted molar refractivity (Wildman–Crippen MR) is 72.3 cm³/mol. The van der Waals surface area contributed by atoms with Crippen LogP contribution in [0.25, 0.3) is 10.3 Å². The fraction of sp³-hybridized carbons (Fsp3) is 0.333. The van der Waals surface area contributed by atoms with E-state index in [2.05, 4.69) is 20.6 Å². The average Bonchev–Trinajstić information content (AvgIpc) is 2.91. The Balaban J connectivity index is 1.79. The van der Waals surface area contributed by atoms with Crippen LogP contribution in [0.1, 0.15) is 29.0 Å². The molecule has 0 radical (unpaired) electrons. The summed E-state index contributed by atoms with van der Waals surface area (Å²) in [5.41, 5.74) is 1.15. The molecule has 0 aliphatic carbocycles. The van der Waals surface area contributed by atoms with E-state index in [1.54, 1.807) is 5.38 Å². The lowest BCUT2D eigenvalue weighted by Gasteiger charge is -2.21. The van der Waals surface area contributed by atoms with Crippen LogP contribution in [0, 0.1) is 6.92 Å². The molecule has 20 heavy (non-hydrogen) atoms. The van der Waals surface area contributed by atoms with E-state index in [0.717, 1.165) is 10.7 Å². The third-order valence-corrected chi connectivity index (χ3v) is 4.01. The van der Waals surface area contributed by atoms with E-state index in [4.69, 9.17) is 0 Å². The lowest BCUT2D eigenvalue weighted by Crippen LogP contribution is -2.52. The molecule has 2 aromatic rings. The number of hydrogen-bond donors (Lipinski definition) is 3. The van der Waals surface area contributed by atoms with Gasteiger partial charge in [-0.2, -0.15) is 0 Å². The summed E-state index contributed by atoms with van der Waals surface area (Å²) in [5, 5.41) is 6.56. The smallest absolute Gasteiger partial charge is 0.254 e. The minimum atomic E-state index is -0.667. The van der Waals surface area contributed by atoms with Gasteiger partial charge in [0.2, 0.25) is 11.8 Å². The van der Waals surface area contributed by atoms with Crippen molar-refractivity contribution >= 4 is 39.4 Å². The molecule has 1 fully saturated rings. The number of imidazole rings is 1. The van der Waals surface area contributed by atoms with Gasteiger partial charge in [0.15, 0.2) is 0 Å². The number of carbonyl (C=O) groups excluding carboxylic acids is 3. The number of rotatable bonds is 2. The number of aryl methyl sites for hydroxylation is 1. The van der Waals surface area contributed by atoms with Crippen molar-refractivity contribution in [3.63, 3.8) is 0 Å². The number of nitrogens with one attached hydrogen (secondary N) is 3. The molecule has 104 valence electrons. The Hall–Kier alpha value is -2.22. The maximum absolute atomic E-state index is 12.2. The number of carbonyl (C=O) groups is 3. The molecule has 0 bridgehead atoms. The Labute approximate surface area is 117 Å². The van der Waals surface area contributed by atoms with Gasteiger partial charge in [-0.05, 0) is 13.3 Å². The summed E-state index contributed by atoms with van der Waals surface area (Å²) in [4.78, 5) is 42.9. The van der Waals surface area contributed by atoms with Gasteiger partial charge >= 0.3 is 0 Å². The van der Waals surface area contributed by atoms with Crippen molar-refractivity contribution in [3.8, 4) is 0 Å². The maximum atomic E-state index is 12.2.